The molecule has 0 saturated heterocycles. The summed E-state index contributed by atoms with van der Waals surface area (Å²) in [5.41, 5.74) is 0.607. The zero-order chi connectivity index (χ0) is 15.8. The molecule has 0 fully saturated rings. The molecule has 114 valence electrons. The fraction of sp³-hybridized carbons (Fsp3) is 0.133. The van der Waals surface area contributed by atoms with Crippen LogP contribution in [-0.2, 0) is 14.3 Å². The maximum Gasteiger partial charge on any atom is 0.251 e. The highest BCUT2D eigenvalue weighted by molar-refractivity contribution is 6.30. The lowest BCUT2D eigenvalue weighted by Crippen LogP contribution is -2.24. The summed E-state index contributed by atoms with van der Waals surface area (Å²) in [6.45, 7) is -0.455. The Kier molecular flexibility index (Phi) is 5.88. The average molecular weight is 320 g/mol. The van der Waals surface area contributed by atoms with E-state index < -0.39 is 0 Å². The maximum absolute atomic E-state index is 11.6. The number of aromatic nitrogens is 1. The molecule has 0 saturated carbocycles. The number of halogens is 1. The first-order valence-corrected chi connectivity index (χ1v) is 6.85. The number of nitrogens with zero attached hydrogens (tertiary/aromatic N) is 1. The summed E-state index contributed by atoms with van der Waals surface area (Å²) in [5, 5.41) is 5.76. The number of hydrogen-bond acceptors (Lipinski definition) is 4. The van der Waals surface area contributed by atoms with E-state index in [1.807, 2.05) is 0 Å². The summed E-state index contributed by atoms with van der Waals surface area (Å²) in [5.74, 6) is -0.298. The van der Waals surface area contributed by atoms with Crippen LogP contribution < -0.4 is 10.6 Å². The molecule has 0 aliphatic heterocycles. The van der Waals surface area contributed by atoms with Gasteiger partial charge in [0.2, 0.25) is 5.91 Å². The van der Waals surface area contributed by atoms with Gasteiger partial charge in [-0.05, 0) is 36.4 Å². The molecule has 1 aromatic carbocycles. The van der Waals surface area contributed by atoms with Crippen LogP contribution in [-0.4, -0.2) is 30.0 Å². The van der Waals surface area contributed by atoms with Gasteiger partial charge in [-0.2, -0.15) is 0 Å². The van der Waals surface area contributed by atoms with Crippen LogP contribution in [0, 0.1) is 0 Å². The molecule has 2 amide bonds. The predicted octanol–water partition coefficient (Wildman–Crippen LogP) is 2.33. The molecule has 6 nitrogen and oxygen atoms in total. The molecule has 2 rings (SSSR count). The first-order chi connectivity index (χ1) is 10.6. The molecule has 1 aromatic heterocycles. The predicted molar refractivity (Wildman–Crippen MR) is 83.8 cm³/mol. The molecule has 0 atom stereocenters. The van der Waals surface area contributed by atoms with Crippen LogP contribution in [0.5, 0.6) is 0 Å². The van der Waals surface area contributed by atoms with E-state index in [-0.39, 0.29) is 25.0 Å². The number of carbonyl (C=O) groups excluding carboxylic acids is 2. The van der Waals surface area contributed by atoms with E-state index in [0.29, 0.717) is 16.5 Å². The minimum absolute atomic E-state index is 0.224. The topological polar surface area (TPSA) is 80.3 Å². The third-order valence-electron chi connectivity index (χ3n) is 2.53. The van der Waals surface area contributed by atoms with E-state index in [1.54, 1.807) is 48.7 Å². The second-order valence-electron chi connectivity index (χ2n) is 4.31. The van der Waals surface area contributed by atoms with E-state index in [1.165, 1.54) is 0 Å². The number of anilines is 2. The van der Waals surface area contributed by atoms with Gasteiger partial charge < -0.3 is 15.4 Å². The van der Waals surface area contributed by atoms with Crippen LogP contribution >= 0.6 is 11.6 Å². The van der Waals surface area contributed by atoms with E-state index in [4.69, 9.17) is 16.3 Å². The summed E-state index contributed by atoms with van der Waals surface area (Å²) >= 11 is 5.75. The highest BCUT2D eigenvalue weighted by Crippen LogP contribution is 2.13. The van der Waals surface area contributed by atoms with Gasteiger partial charge in [0.15, 0.2) is 0 Å². The molecule has 0 spiro atoms. The molecule has 0 radical (unpaired) electrons. The van der Waals surface area contributed by atoms with Crippen molar-refractivity contribution in [2.45, 2.75) is 0 Å². The molecule has 22 heavy (non-hydrogen) atoms. The zero-order valence-corrected chi connectivity index (χ0v) is 12.3. The fourth-order valence-electron chi connectivity index (χ4n) is 1.58. The van der Waals surface area contributed by atoms with Gasteiger partial charge in [0.1, 0.15) is 19.0 Å². The molecule has 0 aliphatic rings. The molecular formula is C15H14ClN3O3. The Balaban J connectivity index is 1.68. The standard InChI is InChI=1S/C15H14ClN3O3/c16-11-4-6-12(7-5-11)18-14(20)9-22-10-15(21)19-13-3-1-2-8-17-13/h1-8H,9-10H2,(H,18,20)(H,17,19,21). The van der Waals surface area contributed by atoms with E-state index in [9.17, 15) is 9.59 Å². The zero-order valence-electron chi connectivity index (χ0n) is 11.6. The Bertz CT molecular complexity index is 632. The lowest BCUT2D eigenvalue weighted by atomic mass is 10.3. The number of carbonyl (C=O) groups is 2. The van der Waals surface area contributed by atoms with Crippen molar-refractivity contribution in [3.63, 3.8) is 0 Å². The van der Waals surface area contributed by atoms with Crippen molar-refractivity contribution in [2.75, 3.05) is 23.8 Å². The van der Waals surface area contributed by atoms with Gasteiger partial charge in [0.25, 0.3) is 5.91 Å². The molecule has 7 heteroatoms. The largest absolute Gasteiger partial charge is 0.362 e. The van der Waals surface area contributed by atoms with Crippen molar-refractivity contribution >= 4 is 34.9 Å². The molecule has 0 unspecified atom stereocenters. The van der Waals surface area contributed by atoms with E-state index >= 15 is 0 Å². The number of hydrogen-bond donors (Lipinski definition) is 2. The quantitative estimate of drug-likeness (QED) is 0.856. The Hall–Kier alpha value is -2.44. The number of nitrogens with one attached hydrogen (secondary N) is 2. The normalized spacial score (nSPS) is 10.0. The van der Waals surface area contributed by atoms with Crippen molar-refractivity contribution in [1.29, 1.82) is 0 Å². The molecule has 2 N–H and O–H groups in total. The summed E-state index contributed by atoms with van der Waals surface area (Å²) in [4.78, 5) is 27.1. The first-order valence-electron chi connectivity index (χ1n) is 6.47. The SMILES string of the molecule is O=C(COCC(=O)Nc1ccccn1)Nc1ccc(Cl)cc1. The number of amides is 2. The molecule has 0 aliphatic carbocycles. The summed E-state index contributed by atoms with van der Waals surface area (Å²) in [6, 6.07) is 11.8. The van der Waals surface area contributed by atoms with Crippen LogP contribution in [0.25, 0.3) is 0 Å². The Morgan fingerprint density at radius 3 is 2.32 bits per heavy atom. The van der Waals surface area contributed by atoms with Gasteiger partial charge in [-0.3, -0.25) is 9.59 Å². The Morgan fingerprint density at radius 1 is 1.00 bits per heavy atom. The minimum Gasteiger partial charge on any atom is -0.362 e. The third-order valence-corrected chi connectivity index (χ3v) is 2.78. The number of rotatable bonds is 6. The lowest BCUT2D eigenvalue weighted by molar-refractivity contribution is -0.125. The number of pyridine rings is 1. The monoisotopic (exact) mass is 319 g/mol. The number of benzene rings is 1. The molecule has 0 bridgehead atoms. The Labute approximate surface area is 132 Å². The smallest absolute Gasteiger partial charge is 0.251 e. The van der Waals surface area contributed by atoms with Gasteiger partial charge in [-0.1, -0.05) is 17.7 Å². The summed E-state index contributed by atoms with van der Waals surface area (Å²) in [7, 11) is 0. The van der Waals surface area contributed by atoms with Crippen LogP contribution in [0.1, 0.15) is 0 Å². The van der Waals surface area contributed by atoms with Gasteiger partial charge in [0.05, 0.1) is 0 Å². The Morgan fingerprint density at radius 2 is 1.68 bits per heavy atom. The van der Waals surface area contributed by atoms with Crippen molar-refractivity contribution < 1.29 is 14.3 Å². The third kappa shape index (κ3) is 5.51. The van der Waals surface area contributed by atoms with Crippen LogP contribution in [0.15, 0.2) is 48.7 Å². The van der Waals surface area contributed by atoms with Crippen molar-refractivity contribution in [3.8, 4) is 0 Å². The number of ether oxygens (including phenoxy) is 1. The highest BCUT2D eigenvalue weighted by atomic mass is 35.5. The summed E-state index contributed by atoms with van der Waals surface area (Å²) < 4.78 is 5.05. The lowest BCUT2D eigenvalue weighted by Gasteiger charge is -2.07. The summed E-state index contributed by atoms with van der Waals surface area (Å²) in [6.07, 6.45) is 1.57. The highest BCUT2D eigenvalue weighted by Gasteiger charge is 2.06. The van der Waals surface area contributed by atoms with Crippen molar-refractivity contribution in [3.05, 3.63) is 53.7 Å². The van der Waals surface area contributed by atoms with Crippen molar-refractivity contribution in [2.24, 2.45) is 0 Å². The average Bonchev–Trinajstić information content (AvgIpc) is 2.50. The van der Waals surface area contributed by atoms with Gasteiger partial charge in [0, 0.05) is 16.9 Å². The second-order valence-corrected chi connectivity index (χ2v) is 4.75. The molecule has 2 aromatic rings. The van der Waals surface area contributed by atoms with Crippen LogP contribution in [0.4, 0.5) is 11.5 Å². The second kappa shape index (κ2) is 8.11. The van der Waals surface area contributed by atoms with Crippen LogP contribution in [0.3, 0.4) is 0 Å². The van der Waals surface area contributed by atoms with Crippen LogP contribution in [0.2, 0.25) is 5.02 Å². The van der Waals surface area contributed by atoms with Crippen molar-refractivity contribution in [1.82, 2.24) is 4.98 Å². The van der Waals surface area contributed by atoms with E-state index in [2.05, 4.69) is 15.6 Å². The van der Waals surface area contributed by atoms with Gasteiger partial charge in [-0.25, -0.2) is 4.98 Å². The maximum atomic E-state index is 11.6. The fourth-order valence-corrected chi connectivity index (χ4v) is 1.71. The molecular weight excluding hydrogens is 306 g/mol. The van der Waals surface area contributed by atoms with E-state index in [0.717, 1.165) is 0 Å². The first kappa shape index (κ1) is 15.9. The minimum atomic E-state index is -0.377. The van der Waals surface area contributed by atoms with Gasteiger partial charge in [-0.15, -0.1) is 0 Å². The van der Waals surface area contributed by atoms with Gasteiger partial charge >= 0.3 is 0 Å². The molecule has 1 heterocycles.